The predicted octanol–water partition coefficient (Wildman–Crippen LogP) is 12.4. The zero-order valence-corrected chi connectivity index (χ0v) is 30.9. The molecule has 0 radical (unpaired) electrons. The Bertz CT molecular complexity index is 2890. The number of aromatic nitrogens is 1. The maximum absolute atomic E-state index is 6.09. The molecule has 0 spiro atoms. The molecule has 8 aromatic carbocycles. The molecule has 0 fully saturated rings. The lowest BCUT2D eigenvalue weighted by Crippen LogP contribution is -2.28. The summed E-state index contributed by atoms with van der Waals surface area (Å²) in [5.74, 6) is 0. The Labute approximate surface area is 327 Å². The fourth-order valence-corrected chi connectivity index (χ4v) is 8.97. The van der Waals surface area contributed by atoms with Gasteiger partial charge in [0, 0.05) is 16.3 Å². The smallest absolute Gasteiger partial charge is 0.115 e. The van der Waals surface area contributed by atoms with Crippen molar-refractivity contribution in [2.45, 2.75) is 12.1 Å². The summed E-state index contributed by atoms with van der Waals surface area (Å²) >= 11 is 0. The minimum atomic E-state index is -0.486. The van der Waals surface area contributed by atoms with E-state index in [0.29, 0.717) is 6.67 Å². The lowest BCUT2D eigenvalue weighted by molar-refractivity contribution is 0.763. The zero-order chi connectivity index (χ0) is 37.5. The Morgan fingerprint density at radius 3 is 1.77 bits per heavy atom. The van der Waals surface area contributed by atoms with Gasteiger partial charge >= 0.3 is 0 Å². The van der Waals surface area contributed by atoms with Gasteiger partial charge in [-0.15, -0.1) is 0 Å². The highest BCUT2D eigenvalue weighted by atomic mass is 15.1. The third kappa shape index (κ3) is 5.39. The maximum atomic E-state index is 6.09. The van der Waals surface area contributed by atoms with Crippen LogP contribution in [0.15, 0.2) is 217 Å². The Hall–Kier alpha value is -7.23. The molecule has 0 unspecified atom stereocenters. The number of aliphatic imine (C=N–C) groups is 1. The van der Waals surface area contributed by atoms with Crippen LogP contribution in [0.4, 0.5) is 0 Å². The van der Waals surface area contributed by atoms with Crippen molar-refractivity contribution < 1.29 is 0 Å². The molecule has 0 atom stereocenters. The van der Waals surface area contributed by atoms with Crippen LogP contribution in [-0.4, -0.2) is 10.3 Å². The molecule has 266 valence electrons. The van der Waals surface area contributed by atoms with Gasteiger partial charge in [0.1, 0.15) is 6.67 Å². The van der Waals surface area contributed by atoms with E-state index in [1.165, 1.54) is 55.3 Å². The van der Waals surface area contributed by atoms with Crippen LogP contribution >= 0.6 is 0 Å². The largest absolute Gasteiger partial charge is 0.405 e. The van der Waals surface area contributed by atoms with Crippen LogP contribution < -0.4 is 5.73 Å². The van der Waals surface area contributed by atoms with E-state index in [4.69, 9.17) is 10.7 Å². The molecular formula is C53H39N3. The highest BCUT2D eigenvalue weighted by Gasteiger charge is 2.46. The third-order valence-electron chi connectivity index (χ3n) is 11.5. The van der Waals surface area contributed by atoms with Crippen molar-refractivity contribution in [2.24, 2.45) is 10.7 Å². The lowest BCUT2D eigenvalue weighted by atomic mass is 9.67. The summed E-state index contributed by atoms with van der Waals surface area (Å²) in [5.41, 5.74) is 22.1. The van der Waals surface area contributed by atoms with Crippen LogP contribution in [0.1, 0.15) is 27.8 Å². The van der Waals surface area contributed by atoms with Crippen LogP contribution in [0, 0.1) is 0 Å². The first-order valence-electron chi connectivity index (χ1n) is 19.2. The molecule has 0 amide bonds. The van der Waals surface area contributed by atoms with Gasteiger partial charge in [-0.1, -0.05) is 182 Å². The van der Waals surface area contributed by atoms with Crippen LogP contribution in [0.25, 0.3) is 55.2 Å². The Kier molecular flexibility index (Phi) is 8.26. The van der Waals surface area contributed by atoms with E-state index in [9.17, 15) is 0 Å². The fourth-order valence-electron chi connectivity index (χ4n) is 8.97. The lowest BCUT2D eigenvalue weighted by Gasteiger charge is -2.34. The average Bonchev–Trinajstić information content (AvgIpc) is 3.76. The topological polar surface area (TPSA) is 43.3 Å². The monoisotopic (exact) mass is 717 g/mol. The zero-order valence-electron chi connectivity index (χ0n) is 30.9. The number of fused-ring (bicyclic) bond motifs is 6. The summed E-state index contributed by atoms with van der Waals surface area (Å²) in [6.07, 6.45) is 3.50. The molecule has 0 bridgehead atoms. The van der Waals surface area contributed by atoms with Gasteiger partial charge in [-0.3, -0.25) is 4.99 Å². The van der Waals surface area contributed by atoms with Crippen LogP contribution in [0.2, 0.25) is 0 Å². The SMILES string of the molecule is N/C=C\C(=N/Cn1c2ccccc2c2ccc(C3(c4ccccc4)c4ccccc4-c4ccccc43)cc21)c1cccc(-c2ccc(-c3ccccc3)cc2)c1. The van der Waals surface area contributed by atoms with Gasteiger partial charge in [-0.25, -0.2) is 0 Å². The van der Waals surface area contributed by atoms with E-state index in [1.807, 2.05) is 12.1 Å². The van der Waals surface area contributed by atoms with Gasteiger partial charge in [0.05, 0.1) is 22.2 Å². The molecule has 1 aromatic heterocycles. The molecule has 2 N–H and O–H groups in total. The molecule has 56 heavy (non-hydrogen) atoms. The number of benzene rings is 8. The van der Waals surface area contributed by atoms with Gasteiger partial charge in [-0.2, -0.15) is 0 Å². The summed E-state index contributed by atoms with van der Waals surface area (Å²) in [7, 11) is 0. The van der Waals surface area contributed by atoms with Gasteiger partial charge < -0.3 is 10.3 Å². The van der Waals surface area contributed by atoms with E-state index < -0.39 is 5.41 Å². The van der Waals surface area contributed by atoms with Crippen molar-refractivity contribution >= 4 is 27.5 Å². The third-order valence-corrected chi connectivity index (χ3v) is 11.5. The summed E-state index contributed by atoms with van der Waals surface area (Å²) in [6, 6.07) is 72.3. The first-order valence-corrected chi connectivity index (χ1v) is 19.2. The molecule has 1 aliphatic rings. The van der Waals surface area contributed by atoms with Crippen molar-refractivity contribution in [1.29, 1.82) is 0 Å². The number of hydrogen-bond donors (Lipinski definition) is 1. The van der Waals surface area contributed by atoms with Gasteiger partial charge in [0.25, 0.3) is 0 Å². The highest BCUT2D eigenvalue weighted by Crippen LogP contribution is 2.56. The molecule has 1 heterocycles. The minimum absolute atomic E-state index is 0.425. The molecule has 0 saturated heterocycles. The summed E-state index contributed by atoms with van der Waals surface area (Å²) in [5, 5.41) is 2.42. The first kappa shape index (κ1) is 33.3. The highest BCUT2D eigenvalue weighted by molar-refractivity contribution is 6.10. The van der Waals surface area contributed by atoms with Crippen molar-refractivity contribution in [3.63, 3.8) is 0 Å². The second-order valence-electron chi connectivity index (χ2n) is 14.5. The number of para-hydroxylation sites is 1. The van der Waals surface area contributed by atoms with Crippen molar-refractivity contribution in [3.8, 4) is 33.4 Å². The number of allylic oxidation sites excluding steroid dienone is 1. The molecule has 3 heteroatoms. The molecule has 10 rings (SSSR count). The van der Waals surface area contributed by atoms with Crippen LogP contribution in [0.5, 0.6) is 0 Å². The van der Waals surface area contributed by atoms with E-state index in [-0.39, 0.29) is 0 Å². The normalized spacial score (nSPS) is 13.3. The Morgan fingerprint density at radius 1 is 0.482 bits per heavy atom. The van der Waals surface area contributed by atoms with Crippen molar-refractivity contribution in [1.82, 2.24) is 4.57 Å². The van der Waals surface area contributed by atoms with Gasteiger partial charge in [0.2, 0.25) is 0 Å². The van der Waals surface area contributed by atoms with Gasteiger partial charge in [-0.05, 0) is 86.1 Å². The summed E-state index contributed by atoms with van der Waals surface area (Å²) in [6.45, 7) is 0.425. The Morgan fingerprint density at radius 2 is 1.05 bits per heavy atom. The number of hydrogen-bond acceptors (Lipinski definition) is 2. The quantitative estimate of drug-likeness (QED) is 0.156. The molecular weight excluding hydrogens is 679 g/mol. The average molecular weight is 718 g/mol. The minimum Gasteiger partial charge on any atom is -0.405 e. The number of nitrogens with zero attached hydrogens (tertiary/aromatic N) is 2. The summed E-state index contributed by atoms with van der Waals surface area (Å²) < 4.78 is 2.36. The summed E-state index contributed by atoms with van der Waals surface area (Å²) in [4.78, 5) is 5.30. The molecule has 1 aliphatic carbocycles. The van der Waals surface area contributed by atoms with Crippen LogP contribution in [-0.2, 0) is 12.1 Å². The molecule has 0 aliphatic heterocycles. The van der Waals surface area contributed by atoms with E-state index in [1.54, 1.807) is 6.20 Å². The molecule has 3 nitrogen and oxygen atoms in total. The van der Waals surface area contributed by atoms with E-state index >= 15 is 0 Å². The fraction of sp³-hybridized carbons (Fsp3) is 0.0377. The van der Waals surface area contributed by atoms with Crippen molar-refractivity contribution in [2.75, 3.05) is 0 Å². The second kappa shape index (κ2) is 13.9. The number of rotatable bonds is 8. The molecule has 0 saturated carbocycles. The Balaban J connectivity index is 1.10. The van der Waals surface area contributed by atoms with E-state index in [0.717, 1.165) is 33.4 Å². The van der Waals surface area contributed by atoms with E-state index in [2.05, 4.69) is 199 Å². The molecule has 9 aromatic rings. The van der Waals surface area contributed by atoms with Crippen molar-refractivity contribution in [3.05, 3.63) is 240 Å². The predicted molar refractivity (Wildman–Crippen MR) is 234 cm³/mol. The standard InChI is InChI=1S/C53H39N3/c54-33-32-50(41-17-13-16-40(34-41)39-28-26-38(27-29-39)37-14-3-1-4-15-37)55-36-56-51-25-12-9-22-46(51)47-31-30-43(35-52(47)56)53(42-18-5-2-6-19-42)48-23-10-7-20-44(48)45-21-8-11-24-49(45)53/h1-35H,36,54H2/b33-32-,55-50+. The number of nitrogens with two attached hydrogens (primary N) is 1. The van der Waals surface area contributed by atoms with Gasteiger partial charge in [0.15, 0.2) is 0 Å². The second-order valence-corrected chi connectivity index (χ2v) is 14.5. The first-order chi connectivity index (χ1) is 27.7. The van der Waals surface area contributed by atoms with Crippen LogP contribution in [0.3, 0.4) is 0 Å². The maximum Gasteiger partial charge on any atom is 0.115 e.